The van der Waals surface area contributed by atoms with Crippen LogP contribution < -0.4 is 10.6 Å². The fraction of sp³-hybridized carbons (Fsp3) is 0.444. The van der Waals surface area contributed by atoms with Gasteiger partial charge in [0.25, 0.3) is 0 Å². The van der Waals surface area contributed by atoms with E-state index < -0.39 is 0 Å². The second-order valence-electron chi connectivity index (χ2n) is 6.54. The van der Waals surface area contributed by atoms with Crippen molar-refractivity contribution in [2.45, 2.75) is 45.6 Å². The molecule has 3 N–H and O–H groups in total. The lowest BCUT2D eigenvalue weighted by Crippen LogP contribution is -2.21. The Morgan fingerprint density at radius 3 is 2.46 bits per heavy atom. The number of hydrogen-bond acceptors (Lipinski definition) is 5. The number of aliphatic hydroxyl groups excluding tert-OH is 1. The van der Waals surface area contributed by atoms with Gasteiger partial charge in [0.1, 0.15) is 5.82 Å². The molecule has 128 valence electrons. The Hall–Kier alpha value is -1.85. The van der Waals surface area contributed by atoms with Crippen molar-refractivity contribution >= 4 is 29.1 Å². The fourth-order valence-corrected chi connectivity index (χ4v) is 3.01. The van der Waals surface area contributed by atoms with E-state index in [2.05, 4.69) is 20.6 Å². The third-order valence-corrected chi connectivity index (χ3v) is 4.36. The molecule has 1 aromatic heterocycles. The van der Waals surface area contributed by atoms with Crippen molar-refractivity contribution in [3.05, 3.63) is 40.0 Å². The molecule has 0 unspecified atom stereocenters. The predicted molar refractivity (Wildman–Crippen MR) is 98.4 cm³/mol. The molecule has 1 heterocycles. The summed E-state index contributed by atoms with van der Waals surface area (Å²) in [5.74, 6) is 1.83. The molecule has 24 heavy (non-hydrogen) atoms. The maximum atomic E-state index is 9.24. The van der Waals surface area contributed by atoms with Gasteiger partial charge in [0, 0.05) is 28.7 Å². The van der Waals surface area contributed by atoms with E-state index in [9.17, 15) is 5.11 Å². The van der Waals surface area contributed by atoms with Crippen molar-refractivity contribution < 1.29 is 5.11 Å². The Bertz CT molecular complexity index is 723. The molecule has 5 nitrogen and oxygen atoms in total. The number of nitrogens with one attached hydrogen (secondary N) is 2. The SMILES string of the molecule is Cc1cc(Cl)cc(C)c1Nc1cc(C2CC2)nc(N[C@@H](C)CO)n1. The third-order valence-electron chi connectivity index (χ3n) is 4.14. The van der Waals surface area contributed by atoms with Crippen LogP contribution in [0.25, 0.3) is 0 Å². The van der Waals surface area contributed by atoms with Gasteiger partial charge in [-0.1, -0.05) is 11.6 Å². The van der Waals surface area contributed by atoms with Crippen LogP contribution in [0.5, 0.6) is 0 Å². The lowest BCUT2D eigenvalue weighted by Gasteiger charge is -2.16. The van der Waals surface area contributed by atoms with E-state index in [1.165, 1.54) is 12.8 Å². The zero-order valence-electron chi connectivity index (χ0n) is 14.2. The van der Waals surface area contributed by atoms with E-state index in [4.69, 9.17) is 11.6 Å². The first-order valence-electron chi connectivity index (χ1n) is 8.26. The van der Waals surface area contributed by atoms with Gasteiger partial charge in [-0.25, -0.2) is 4.98 Å². The van der Waals surface area contributed by atoms with Crippen molar-refractivity contribution in [3.63, 3.8) is 0 Å². The Morgan fingerprint density at radius 1 is 1.21 bits per heavy atom. The molecule has 6 heteroatoms. The largest absolute Gasteiger partial charge is 0.394 e. The lowest BCUT2D eigenvalue weighted by molar-refractivity contribution is 0.281. The molecule has 1 aliphatic carbocycles. The van der Waals surface area contributed by atoms with Crippen LogP contribution in [-0.2, 0) is 0 Å². The smallest absolute Gasteiger partial charge is 0.225 e. The summed E-state index contributed by atoms with van der Waals surface area (Å²) < 4.78 is 0. The highest BCUT2D eigenvalue weighted by molar-refractivity contribution is 6.30. The van der Waals surface area contributed by atoms with Gasteiger partial charge < -0.3 is 15.7 Å². The minimum absolute atomic E-state index is 0.0369. The summed E-state index contributed by atoms with van der Waals surface area (Å²) in [5, 5.41) is 16.5. The zero-order chi connectivity index (χ0) is 17.3. The first kappa shape index (κ1) is 17.0. The Morgan fingerprint density at radius 2 is 1.88 bits per heavy atom. The minimum Gasteiger partial charge on any atom is -0.394 e. The number of aliphatic hydroxyl groups is 1. The van der Waals surface area contributed by atoms with E-state index in [0.717, 1.165) is 33.3 Å². The van der Waals surface area contributed by atoms with Crippen molar-refractivity contribution in [1.82, 2.24) is 9.97 Å². The van der Waals surface area contributed by atoms with Gasteiger partial charge in [-0.15, -0.1) is 0 Å². The number of halogens is 1. The molecule has 1 aromatic carbocycles. The summed E-state index contributed by atoms with van der Waals surface area (Å²) >= 11 is 6.11. The van der Waals surface area contributed by atoms with Crippen LogP contribution in [0.3, 0.4) is 0 Å². The average Bonchev–Trinajstić information content (AvgIpc) is 3.35. The third kappa shape index (κ3) is 3.97. The number of benzene rings is 1. The quantitative estimate of drug-likeness (QED) is 0.732. The molecule has 0 spiro atoms. The normalized spacial score (nSPS) is 15.2. The zero-order valence-corrected chi connectivity index (χ0v) is 15.0. The second kappa shape index (κ2) is 6.95. The van der Waals surface area contributed by atoms with Crippen LogP contribution in [0.15, 0.2) is 18.2 Å². The molecular formula is C18H23ClN4O. The van der Waals surface area contributed by atoms with Gasteiger partial charge in [-0.3, -0.25) is 0 Å². The van der Waals surface area contributed by atoms with Gasteiger partial charge in [-0.05, 0) is 56.9 Å². The molecule has 0 saturated heterocycles. The number of aromatic nitrogens is 2. The maximum absolute atomic E-state index is 9.24. The second-order valence-corrected chi connectivity index (χ2v) is 6.98. The maximum Gasteiger partial charge on any atom is 0.225 e. The molecule has 1 atom stereocenters. The number of aryl methyl sites for hydroxylation is 2. The van der Waals surface area contributed by atoms with Gasteiger partial charge in [0.2, 0.25) is 5.95 Å². The first-order valence-corrected chi connectivity index (χ1v) is 8.64. The van der Waals surface area contributed by atoms with Crippen molar-refractivity contribution in [2.75, 3.05) is 17.2 Å². The molecule has 0 aliphatic heterocycles. The summed E-state index contributed by atoms with van der Waals surface area (Å²) in [4.78, 5) is 9.14. The summed E-state index contributed by atoms with van der Waals surface area (Å²) in [6.07, 6.45) is 2.34. The highest BCUT2D eigenvalue weighted by Gasteiger charge is 2.26. The van der Waals surface area contributed by atoms with Crippen LogP contribution in [0.2, 0.25) is 5.02 Å². The molecule has 1 fully saturated rings. The van der Waals surface area contributed by atoms with Crippen LogP contribution >= 0.6 is 11.6 Å². The summed E-state index contributed by atoms with van der Waals surface area (Å²) in [7, 11) is 0. The van der Waals surface area contributed by atoms with Gasteiger partial charge >= 0.3 is 0 Å². The Balaban J connectivity index is 1.92. The Labute approximate surface area is 147 Å². The molecule has 0 radical (unpaired) electrons. The number of anilines is 3. The van der Waals surface area contributed by atoms with Crippen molar-refractivity contribution in [2.24, 2.45) is 0 Å². The van der Waals surface area contributed by atoms with E-state index in [-0.39, 0.29) is 12.6 Å². The topological polar surface area (TPSA) is 70.1 Å². The van der Waals surface area contributed by atoms with Crippen molar-refractivity contribution in [3.8, 4) is 0 Å². The van der Waals surface area contributed by atoms with E-state index >= 15 is 0 Å². The standard InChI is InChI=1S/C18H23ClN4O/c1-10-6-14(19)7-11(2)17(10)22-16-8-15(13-4-5-13)21-18(23-16)20-12(3)9-24/h6-8,12-13,24H,4-5,9H2,1-3H3,(H2,20,21,22,23)/t12-/m0/s1. The number of hydrogen-bond donors (Lipinski definition) is 3. The van der Waals surface area contributed by atoms with Gasteiger partial charge in [0.05, 0.1) is 12.3 Å². The Kier molecular flexibility index (Phi) is 4.92. The highest BCUT2D eigenvalue weighted by atomic mass is 35.5. The van der Waals surface area contributed by atoms with Crippen molar-refractivity contribution in [1.29, 1.82) is 0 Å². The van der Waals surface area contributed by atoms with Crippen LogP contribution in [0, 0.1) is 13.8 Å². The van der Waals surface area contributed by atoms with Gasteiger partial charge in [0.15, 0.2) is 0 Å². The molecule has 0 bridgehead atoms. The monoisotopic (exact) mass is 346 g/mol. The van der Waals surface area contributed by atoms with E-state index in [0.29, 0.717) is 11.9 Å². The molecular weight excluding hydrogens is 324 g/mol. The molecule has 1 aliphatic rings. The molecule has 1 saturated carbocycles. The summed E-state index contributed by atoms with van der Waals surface area (Å²) in [5.41, 5.74) is 4.21. The van der Waals surface area contributed by atoms with Gasteiger partial charge in [-0.2, -0.15) is 4.98 Å². The van der Waals surface area contributed by atoms with Crippen LogP contribution in [-0.4, -0.2) is 27.7 Å². The van der Waals surface area contributed by atoms with E-state index in [1.807, 2.05) is 39.0 Å². The summed E-state index contributed by atoms with van der Waals surface area (Å²) in [6, 6.07) is 5.80. The van der Waals surface area contributed by atoms with Crippen LogP contribution in [0.4, 0.5) is 17.5 Å². The predicted octanol–water partition coefficient (Wildman–Crippen LogP) is 4.16. The minimum atomic E-state index is -0.0914. The first-order chi connectivity index (χ1) is 11.5. The number of nitrogens with zero attached hydrogens (tertiary/aromatic N) is 2. The van der Waals surface area contributed by atoms with Crippen LogP contribution in [0.1, 0.15) is 42.5 Å². The molecule has 0 amide bonds. The molecule has 2 aromatic rings. The fourth-order valence-electron chi connectivity index (χ4n) is 2.68. The summed E-state index contributed by atoms with van der Waals surface area (Å²) in [6.45, 7) is 5.98. The number of rotatable bonds is 6. The highest BCUT2D eigenvalue weighted by Crippen LogP contribution is 2.40. The molecule has 3 rings (SSSR count). The van der Waals surface area contributed by atoms with E-state index in [1.54, 1.807) is 0 Å². The average molecular weight is 347 g/mol. The lowest BCUT2D eigenvalue weighted by atomic mass is 10.1.